The van der Waals surface area contributed by atoms with Crippen LogP contribution in [-0.2, 0) is 4.74 Å². The minimum Gasteiger partial charge on any atom is -0.497 e. The number of aromatic nitrogens is 2. The number of H-pyrrole nitrogens is 1. The third kappa shape index (κ3) is 4.07. The lowest BCUT2D eigenvalue weighted by Gasteiger charge is -2.43. The van der Waals surface area contributed by atoms with Crippen LogP contribution < -0.4 is 4.74 Å². The van der Waals surface area contributed by atoms with Crippen LogP contribution in [-0.4, -0.2) is 89.7 Å². The Labute approximate surface area is 182 Å². The monoisotopic (exact) mass is 426 g/mol. The molecule has 8 nitrogen and oxygen atoms in total. The summed E-state index contributed by atoms with van der Waals surface area (Å²) >= 11 is 0. The predicted molar refractivity (Wildman–Crippen MR) is 115 cm³/mol. The number of aliphatic hydroxyl groups excluding tert-OH is 1. The fourth-order valence-corrected chi connectivity index (χ4v) is 5.41. The number of likely N-dealkylation sites (tertiary alicyclic amines) is 1. The number of fused-ring (bicyclic) bond motifs is 1. The van der Waals surface area contributed by atoms with Gasteiger partial charge in [-0.25, -0.2) is 0 Å². The van der Waals surface area contributed by atoms with Crippen molar-refractivity contribution in [3.05, 3.63) is 36.0 Å². The minimum absolute atomic E-state index is 0.0199. The summed E-state index contributed by atoms with van der Waals surface area (Å²) in [6.07, 6.45) is 1.36. The highest BCUT2D eigenvalue weighted by Crippen LogP contribution is 2.39. The van der Waals surface area contributed by atoms with Crippen LogP contribution in [0.15, 0.2) is 30.3 Å². The number of aromatic amines is 1. The van der Waals surface area contributed by atoms with Crippen LogP contribution in [0.5, 0.6) is 5.75 Å². The number of hydrogen-bond donors (Lipinski definition) is 2. The van der Waals surface area contributed by atoms with E-state index in [-0.39, 0.29) is 18.1 Å². The van der Waals surface area contributed by atoms with Gasteiger partial charge in [0.1, 0.15) is 11.4 Å². The molecule has 1 aromatic heterocycles. The summed E-state index contributed by atoms with van der Waals surface area (Å²) in [4.78, 5) is 17.5. The third-order valence-corrected chi connectivity index (χ3v) is 7.08. The maximum atomic E-state index is 13.2. The smallest absolute Gasteiger partial charge is 0.271 e. The molecule has 1 aromatic carbocycles. The lowest BCUT2D eigenvalue weighted by atomic mass is 9.77. The Bertz CT molecular complexity index is 926. The number of benzene rings is 1. The van der Waals surface area contributed by atoms with Gasteiger partial charge in [-0.3, -0.25) is 14.8 Å². The number of carbonyl (C=O) groups is 1. The van der Waals surface area contributed by atoms with Gasteiger partial charge in [0.2, 0.25) is 0 Å². The second-order valence-corrected chi connectivity index (χ2v) is 8.88. The van der Waals surface area contributed by atoms with E-state index in [0.29, 0.717) is 24.1 Å². The highest BCUT2D eigenvalue weighted by molar-refractivity contribution is 5.93. The third-order valence-electron chi connectivity index (χ3n) is 7.08. The van der Waals surface area contributed by atoms with Gasteiger partial charge < -0.3 is 19.5 Å². The Morgan fingerprint density at radius 3 is 2.74 bits per heavy atom. The maximum absolute atomic E-state index is 13.2. The average Bonchev–Trinajstić information content (AvgIpc) is 3.46. The van der Waals surface area contributed by atoms with Crippen molar-refractivity contribution in [1.82, 2.24) is 20.0 Å². The van der Waals surface area contributed by atoms with Gasteiger partial charge in [0.25, 0.3) is 5.91 Å². The molecule has 1 saturated carbocycles. The van der Waals surface area contributed by atoms with E-state index in [9.17, 15) is 9.90 Å². The Morgan fingerprint density at radius 2 is 1.97 bits per heavy atom. The zero-order valence-corrected chi connectivity index (χ0v) is 17.9. The van der Waals surface area contributed by atoms with Crippen molar-refractivity contribution in [1.29, 1.82) is 0 Å². The molecule has 2 saturated heterocycles. The van der Waals surface area contributed by atoms with Gasteiger partial charge in [0, 0.05) is 37.8 Å². The predicted octanol–water partition coefficient (Wildman–Crippen LogP) is 1.63. The number of aliphatic hydroxyl groups is 1. The first kappa shape index (κ1) is 20.5. The first-order valence-electron chi connectivity index (χ1n) is 11.1. The normalized spacial score (nSPS) is 29.0. The van der Waals surface area contributed by atoms with Crippen molar-refractivity contribution in [2.45, 2.75) is 25.0 Å². The van der Waals surface area contributed by atoms with Gasteiger partial charge in [0.15, 0.2) is 0 Å². The summed E-state index contributed by atoms with van der Waals surface area (Å²) in [5.74, 6) is 1.52. The largest absolute Gasteiger partial charge is 0.497 e. The van der Waals surface area contributed by atoms with Crippen molar-refractivity contribution in [2.75, 3.05) is 46.5 Å². The van der Waals surface area contributed by atoms with Crippen LogP contribution in [0.2, 0.25) is 0 Å². The highest BCUT2D eigenvalue weighted by atomic mass is 16.5. The SMILES string of the molecule is COc1cccc(-c2cc(C(=O)N3C[C@H]4C[C@@H](N5CCOCC5)[C@H](O)C[C@H]4C3)[nH]n2)c1. The summed E-state index contributed by atoms with van der Waals surface area (Å²) in [6, 6.07) is 9.63. The standard InChI is InChI=1S/C23H30N4O4/c1-30-18-4-2-3-15(9-18)19-12-20(25-24-19)23(29)27-13-16-10-21(22(28)11-17(16)14-27)26-5-7-31-8-6-26/h2-4,9,12,16-17,21-22,28H,5-8,10-11,13-14H2,1H3,(H,24,25)/t16-,17+,21-,22-/m1/s1. The van der Waals surface area contributed by atoms with E-state index in [0.717, 1.165) is 62.7 Å². The molecule has 3 fully saturated rings. The fraction of sp³-hybridized carbons (Fsp3) is 0.565. The fourth-order valence-electron chi connectivity index (χ4n) is 5.41. The molecule has 0 spiro atoms. The molecular formula is C23H30N4O4. The molecule has 31 heavy (non-hydrogen) atoms. The van der Waals surface area contributed by atoms with Crippen molar-refractivity contribution in [2.24, 2.45) is 11.8 Å². The average molecular weight is 427 g/mol. The molecule has 8 heteroatoms. The number of hydrogen-bond acceptors (Lipinski definition) is 6. The number of rotatable bonds is 4. The number of amides is 1. The Balaban J connectivity index is 1.26. The number of methoxy groups -OCH3 is 1. The van der Waals surface area contributed by atoms with Gasteiger partial charge in [-0.15, -0.1) is 0 Å². The molecule has 3 aliphatic rings. The zero-order chi connectivity index (χ0) is 21.4. The Kier molecular flexibility index (Phi) is 5.69. The molecule has 166 valence electrons. The van der Waals surface area contributed by atoms with Crippen molar-refractivity contribution in [3.63, 3.8) is 0 Å². The second-order valence-electron chi connectivity index (χ2n) is 8.88. The van der Waals surface area contributed by atoms with Crippen molar-refractivity contribution >= 4 is 5.91 Å². The van der Waals surface area contributed by atoms with E-state index in [1.807, 2.05) is 35.2 Å². The highest BCUT2D eigenvalue weighted by Gasteiger charge is 2.45. The summed E-state index contributed by atoms with van der Waals surface area (Å²) < 4.78 is 10.7. The molecule has 5 rings (SSSR count). The number of ether oxygens (including phenoxy) is 2. The van der Waals surface area contributed by atoms with Gasteiger partial charge in [0.05, 0.1) is 32.1 Å². The topological polar surface area (TPSA) is 90.9 Å². The van der Waals surface area contributed by atoms with Crippen LogP contribution in [0.4, 0.5) is 0 Å². The quantitative estimate of drug-likeness (QED) is 0.772. The van der Waals surface area contributed by atoms with Crippen LogP contribution >= 0.6 is 0 Å². The van der Waals surface area contributed by atoms with E-state index in [1.54, 1.807) is 7.11 Å². The van der Waals surface area contributed by atoms with E-state index in [4.69, 9.17) is 9.47 Å². The van der Waals surface area contributed by atoms with Gasteiger partial charge in [-0.05, 0) is 42.9 Å². The maximum Gasteiger partial charge on any atom is 0.271 e. The van der Waals surface area contributed by atoms with Crippen molar-refractivity contribution in [3.8, 4) is 17.0 Å². The van der Waals surface area contributed by atoms with Crippen molar-refractivity contribution < 1.29 is 19.4 Å². The van der Waals surface area contributed by atoms with Gasteiger partial charge in [-0.2, -0.15) is 5.10 Å². The van der Waals surface area contributed by atoms with Crippen LogP contribution in [0, 0.1) is 11.8 Å². The van der Waals surface area contributed by atoms with Crippen LogP contribution in [0.1, 0.15) is 23.3 Å². The molecule has 2 N–H and O–H groups in total. The Morgan fingerprint density at radius 1 is 1.19 bits per heavy atom. The zero-order valence-electron chi connectivity index (χ0n) is 17.9. The molecule has 2 aliphatic heterocycles. The molecule has 0 unspecified atom stereocenters. The summed E-state index contributed by atoms with van der Waals surface area (Å²) in [5.41, 5.74) is 2.13. The van der Waals surface area contributed by atoms with Gasteiger partial charge in [-0.1, -0.05) is 12.1 Å². The van der Waals surface area contributed by atoms with E-state index in [1.165, 1.54) is 0 Å². The molecule has 1 aliphatic carbocycles. The van der Waals surface area contributed by atoms with Gasteiger partial charge >= 0.3 is 0 Å². The number of nitrogens with one attached hydrogen (secondary N) is 1. The molecule has 3 heterocycles. The molecule has 1 amide bonds. The van der Waals surface area contributed by atoms with E-state index >= 15 is 0 Å². The van der Waals surface area contributed by atoms with E-state index < -0.39 is 0 Å². The first-order valence-corrected chi connectivity index (χ1v) is 11.1. The van der Waals surface area contributed by atoms with Crippen LogP contribution in [0.3, 0.4) is 0 Å². The summed E-state index contributed by atoms with van der Waals surface area (Å²) in [7, 11) is 1.63. The second kappa shape index (κ2) is 8.61. The molecular weight excluding hydrogens is 396 g/mol. The number of nitrogens with zero attached hydrogens (tertiary/aromatic N) is 3. The lowest BCUT2D eigenvalue weighted by molar-refractivity contribution is -0.0520. The molecule has 0 bridgehead atoms. The van der Waals surface area contributed by atoms with Crippen LogP contribution in [0.25, 0.3) is 11.3 Å². The summed E-state index contributed by atoms with van der Waals surface area (Å²) in [5, 5.41) is 18.0. The Hall–Kier alpha value is -2.42. The molecule has 2 aromatic rings. The molecule has 0 radical (unpaired) electrons. The first-order chi connectivity index (χ1) is 15.1. The molecule has 4 atom stereocenters. The summed E-state index contributed by atoms with van der Waals surface area (Å²) in [6.45, 7) is 4.66. The number of carbonyl (C=O) groups excluding carboxylic acids is 1. The lowest BCUT2D eigenvalue weighted by Crippen LogP contribution is -2.53. The minimum atomic E-state index is -0.332. The number of morpholine rings is 1. The van der Waals surface area contributed by atoms with E-state index in [2.05, 4.69) is 15.1 Å².